The highest BCUT2D eigenvalue weighted by Gasteiger charge is 2.13. The van der Waals surface area contributed by atoms with E-state index in [4.69, 9.17) is 9.47 Å². The van der Waals surface area contributed by atoms with Crippen molar-refractivity contribution in [1.82, 2.24) is 0 Å². The SMILES string of the molecule is CCC(C)Oc1ccc(N(c2ccc([SiH3])cc2)c2ccc(OCC(C)C)cc2)cc1. The summed E-state index contributed by atoms with van der Waals surface area (Å²) in [7, 11) is 1.05. The molecule has 4 heteroatoms. The van der Waals surface area contributed by atoms with Crippen LogP contribution in [0.2, 0.25) is 0 Å². The summed E-state index contributed by atoms with van der Waals surface area (Å²) in [5, 5.41) is 1.38. The second-order valence-electron chi connectivity index (χ2n) is 8.20. The lowest BCUT2D eigenvalue weighted by Crippen LogP contribution is -2.12. The van der Waals surface area contributed by atoms with Crippen LogP contribution in [0.5, 0.6) is 11.5 Å². The van der Waals surface area contributed by atoms with Crippen LogP contribution in [-0.2, 0) is 0 Å². The second-order valence-corrected chi connectivity index (χ2v) is 9.36. The first-order chi connectivity index (χ1) is 14.5. The molecule has 0 bridgehead atoms. The standard InChI is InChI=1S/C26H33NO2Si/c1-5-20(4)29-25-14-8-22(9-15-25)27(23-10-16-26(30)17-11-23)21-6-12-24(13-7-21)28-18-19(2)3/h6-17,19-20H,5,18H2,1-4,30H3. The molecule has 0 radical (unpaired) electrons. The maximum atomic E-state index is 5.96. The smallest absolute Gasteiger partial charge is 0.119 e. The van der Waals surface area contributed by atoms with E-state index in [-0.39, 0.29) is 6.10 Å². The van der Waals surface area contributed by atoms with E-state index in [0.29, 0.717) is 5.92 Å². The van der Waals surface area contributed by atoms with Gasteiger partial charge in [0.25, 0.3) is 0 Å². The van der Waals surface area contributed by atoms with E-state index in [1.807, 2.05) is 12.1 Å². The number of benzene rings is 3. The second kappa shape index (κ2) is 10.3. The Balaban J connectivity index is 1.90. The van der Waals surface area contributed by atoms with E-state index in [9.17, 15) is 0 Å². The molecule has 0 N–H and O–H groups in total. The van der Waals surface area contributed by atoms with Crippen LogP contribution in [0.25, 0.3) is 0 Å². The summed E-state index contributed by atoms with van der Waals surface area (Å²) in [4.78, 5) is 2.26. The van der Waals surface area contributed by atoms with Gasteiger partial charge in [0.15, 0.2) is 0 Å². The molecule has 30 heavy (non-hydrogen) atoms. The quantitative estimate of drug-likeness (QED) is 0.436. The Bertz CT molecular complexity index is 905. The van der Waals surface area contributed by atoms with Gasteiger partial charge in [0.05, 0.1) is 12.7 Å². The fourth-order valence-corrected chi connectivity index (χ4v) is 3.42. The van der Waals surface area contributed by atoms with Crippen LogP contribution in [0.3, 0.4) is 0 Å². The van der Waals surface area contributed by atoms with Crippen LogP contribution in [-0.4, -0.2) is 23.0 Å². The first-order valence-electron chi connectivity index (χ1n) is 10.8. The van der Waals surface area contributed by atoms with Crippen LogP contribution in [0.1, 0.15) is 34.1 Å². The summed E-state index contributed by atoms with van der Waals surface area (Å²) in [6.07, 6.45) is 1.21. The Morgan fingerprint density at radius 3 is 1.67 bits per heavy atom. The first kappa shape index (κ1) is 22.0. The van der Waals surface area contributed by atoms with Gasteiger partial charge in [0.1, 0.15) is 11.5 Å². The molecule has 0 saturated carbocycles. The Labute approximate surface area is 184 Å². The molecule has 0 aromatic heterocycles. The van der Waals surface area contributed by atoms with E-state index in [1.165, 1.54) is 5.19 Å². The molecular formula is C26H33NO2Si. The molecule has 0 aliphatic carbocycles. The van der Waals surface area contributed by atoms with Gasteiger partial charge in [-0.3, -0.25) is 0 Å². The van der Waals surface area contributed by atoms with Gasteiger partial charge >= 0.3 is 0 Å². The van der Waals surface area contributed by atoms with Crippen molar-refractivity contribution < 1.29 is 9.47 Å². The third-order valence-electron chi connectivity index (χ3n) is 4.98. The number of hydrogen-bond donors (Lipinski definition) is 0. The zero-order valence-electron chi connectivity index (χ0n) is 18.8. The van der Waals surface area contributed by atoms with E-state index in [0.717, 1.165) is 51.8 Å². The van der Waals surface area contributed by atoms with Crippen LogP contribution in [0.15, 0.2) is 72.8 Å². The lowest BCUT2D eigenvalue weighted by Gasteiger charge is -2.26. The van der Waals surface area contributed by atoms with Crippen molar-refractivity contribution in [3.63, 3.8) is 0 Å². The van der Waals surface area contributed by atoms with Gasteiger partial charge in [-0.15, -0.1) is 0 Å². The summed E-state index contributed by atoms with van der Waals surface area (Å²) < 4.78 is 11.8. The van der Waals surface area contributed by atoms with Crippen molar-refractivity contribution in [3.05, 3.63) is 72.8 Å². The third kappa shape index (κ3) is 5.89. The van der Waals surface area contributed by atoms with Gasteiger partial charge in [-0.1, -0.05) is 38.1 Å². The Morgan fingerprint density at radius 2 is 1.20 bits per heavy atom. The van der Waals surface area contributed by atoms with Crippen LogP contribution >= 0.6 is 0 Å². The molecule has 1 unspecified atom stereocenters. The van der Waals surface area contributed by atoms with Crippen molar-refractivity contribution in [3.8, 4) is 11.5 Å². The topological polar surface area (TPSA) is 21.7 Å². The van der Waals surface area contributed by atoms with Gasteiger partial charge < -0.3 is 14.4 Å². The van der Waals surface area contributed by atoms with E-state index in [2.05, 4.69) is 93.3 Å². The van der Waals surface area contributed by atoms with Crippen molar-refractivity contribution in [2.45, 2.75) is 40.2 Å². The van der Waals surface area contributed by atoms with Crippen molar-refractivity contribution in [2.75, 3.05) is 11.5 Å². The molecule has 0 aliphatic rings. The summed E-state index contributed by atoms with van der Waals surface area (Å²) in [6.45, 7) is 9.27. The number of hydrogen-bond acceptors (Lipinski definition) is 3. The van der Waals surface area contributed by atoms with Crippen LogP contribution in [0, 0.1) is 5.92 Å². The van der Waals surface area contributed by atoms with Crippen LogP contribution < -0.4 is 19.6 Å². The lowest BCUT2D eigenvalue weighted by molar-refractivity contribution is 0.217. The lowest BCUT2D eigenvalue weighted by atomic mass is 10.2. The van der Waals surface area contributed by atoms with Gasteiger partial charge in [0, 0.05) is 27.3 Å². The largest absolute Gasteiger partial charge is 0.493 e. The van der Waals surface area contributed by atoms with Crippen molar-refractivity contribution >= 4 is 32.5 Å². The summed E-state index contributed by atoms with van der Waals surface area (Å²) in [5.74, 6) is 2.31. The minimum atomic E-state index is 0.214. The highest BCUT2D eigenvalue weighted by Crippen LogP contribution is 2.35. The minimum absolute atomic E-state index is 0.214. The molecule has 0 heterocycles. The van der Waals surface area contributed by atoms with Crippen LogP contribution in [0.4, 0.5) is 17.1 Å². The number of nitrogens with zero attached hydrogens (tertiary/aromatic N) is 1. The Morgan fingerprint density at radius 1 is 0.733 bits per heavy atom. The summed E-state index contributed by atoms with van der Waals surface area (Å²) >= 11 is 0. The third-order valence-corrected chi connectivity index (χ3v) is 5.64. The molecule has 0 saturated heterocycles. The zero-order chi connectivity index (χ0) is 21.5. The highest BCUT2D eigenvalue weighted by molar-refractivity contribution is 6.32. The predicted molar refractivity (Wildman–Crippen MR) is 131 cm³/mol. The molecule has 0 amide bonds. The average Bonchev–Trinajstić information content (AvgIpc) is 2.75. The van der Waals surface area contributed by atoms with Gasteiger partial charge in [-0.2, -0.15) is 0 Å². The van der Waals surface area contributed by atoms with E-state index < -0.39 is 0 Å². The summed E-state index contributed by atoms with van der Waals surface area (Å²) in [6, 6.07) is 25.5. The summed E-state index contributed by atoms with van der Waals surface area (Å²) in [5.41, 5.74) is 3.34. The molecule has 3 aromatic carbocycles. The van der Waals surface area contributed by atoms with Gasteiger partial charge in [-0.05, 0) is 79.9 Å². The van der Waals surface area contributed by atoms with Gasteiger partial charge in [-0.25, -0.2) is 0 Å². The van der Waals surface area contributed by atoms with Gasteiger partial charge in [0.2, 0.25) is 0 Å². The molecule has 3 rings (SSSR count). The normalized spacial score (nSPS) is 12.0. The maximum Gasteiger partial charge on any atom is 0.119 e. The number of ether oxygens (including phenoxy) is 2. The zero-order valence-corrected chi connectivity index (χ0v) is 20.8. The van der Waals surface area contributed by atoms with E-state index >= 15 is 0 Å². The highest BCUT2D eigenvalue weighted by atomic mass is 28.1. The molecule has 0 aliphatic heterocycles. The maximum absolute atomic E-state index is 5.96. The predicted octanol–water partition coefficient (Wildman–Crippen LogP) is 5.36. The molecule has 1 atom stereocenters. The first-order valence-corrected chi connectivity index (χ1v) is 11.8. The average molecular weight is 420 g/mol. The molecule has 3 aromatic rings. The van der Waals surface area contributed by atoms with Crippen molar-refractivity contribution in [1.29, 1.82) is 0 Å². The van der Waals surface area contributed by atoms with E-state index in [1.54, 1.807) is 0 Å². The Kier molecular flexibility index (Phi) is 7.58. The molecule has 158 valence electrons. The number of anilines is 3. The Hall–Kier alpha value is -2.72. The van der Waals surface area contributed by atoms with Crippen molar-refractivity contribution in [2.24, 2.45) is 5.92 Å². The molecule has 0 fully saturated rings. The minimum Gasteiger partial charge on any atom is -0.493 e. The molecular weight excluding hydrogens is 386 g/mol. The molecule has 0 spiro atoms. The fourth-order valence-electron chi connectivity index (χ4n) is 3.08. The fraction of sp³-hybridized carbons (Fsp3) is 0.308. The molecule has 3 nitrogen and oxygen atoms in total. The monoisotopic (exact) mass is 419 g/mol. The number of rotatable bonds is 9.